The standard InChI is InChI=1S/C5H10Cl2O2/c1-5(7,3-8)4(9)2-6/h4,8-9H,2-3H2,1H3. The maximum Gasteiger partial charge on any atom is 0.0918 e. The van der Waals surface area contributed by atoms with Crippen molar-refractivity contribution >= 4 is 23.2 Å². The lowest BCUT2D eigenvalue weighted by Gasteiger charge is -2.23. The quantitative estimate of drug-likeness (QED) is 0.612. The fraction of sp³-hybridized carbons (Fsp3) is 1.00. The summed E-state index contributed by atoms with van der Waals surface area (Å²) in [5, 5.41) is 17.5. The molecule has 2 nitrogen and oxygen atoms in total. The molecule has 0 aliphatic heterocycles. The van der Waals surface area contributed by atoms with Crippen molar-refractivity contribution in [3.05, 3.63) is 0 Å². The van der Waals surface area contributed by atoms with Crippen molar-refractivity contribution in [1.29, 1.82) is 0 Å². The van der Waals surface area contributed by atoms with Crippen LogP contribution >= 0.6 is 23.2 Å². The Morgan fingerprint density at radius 1 is 1.67 bits per heavy atom. The van der Waals surface area contributed by atoms with Crippen LogP contribution in [0.15, 0.2) is 0 Å². The zero-order valence-electron chi connectivity index (χ0n) is 5.14. The molecule has 2 atom stereocenters. The predicted octanol–water partition coefficient (Wildman–Crippen LogP) is 0.576. The summed E-state index contributed by atoms with van der Waals surface area (Å²) in [6, 6.07) is 0. The Bertz CT molecular complexity index is 85.0. The molecule has 0 saturated carbocycles. The molecule has 0 aromatic carbocycles. The van der Waals surface area contributed by atoms with E-state index in [0.717, 1.165) is 0 Å². The lowest BCUT2D eigenvalue weighted by molar-refractivity contribution is 0.111. The van der Waals surface area contributed by atoms with E-state index >= 15 is 0 Å². The maximum absolute atomic E-state index is 8.96. The van der Waals surface area contributed by atoms with Crippen LogP contribution < -0.4 is 0 Å². The van der Waals surface area contributed by atoms with Crippen LogP contribution in [0.4, 0.5) is 0 Å². The van der Waals surface area contributed by atoms with E-state index in [0.29, 0.717) is 0 Å². The van der Waals surface area contributed by atoms with Crippen LogP contribution in [0.25, 0.3) is 0 Å². The van der Waals surface area contributed by atoms with Crippen LogP contribution in [-0.2, 0) is 0 Å². The molecule has 56 valence electrons. The molecule has 0 heterocycles. The zero-order valence-corrected chi connectivity index (χ0v) is 6.65. The number of hydrogen-bond donors (Lipinski definition) is 2. The van der Waals surface area contributed by atoms with E-state index in [9.17, 15) is 0 Å². The Kier molecular flexibility index (Phi) is 3.82. The number of hydrogen-bond acceptors (Lipinski definition) is 2. The highest BCUT2D eigenvalue weighted by molar-refractivity contribution is 6.25. The second kappa shape index (κ2) is 3.62. The lowest BCUT2D eigenvalue weighted by Crippen LogP contribution is -2.38. The summed E-state index contributed by atoms with van der Waals surface area (Å²) in [5.74, 6) is 0.0422. The van der Waals surface area contributed by atoms with Crippen molar-refractivity contribution in [2.75, 3.05) is 12.5 Å². The van der Waals surface area contributed by atoms with Crippen molar-refractivity contribution in [3.8, 4) is 0 Å². The second-order valence-electron chi connectivity index (χ2n) is 2.11. The van der Waals surface area contributed by atoms with Gasteiger partial charge in [0.15, 0.2) is 0 Å². The van der Waals surface area contributed by atoms with Crippen molar-refractivity contribution in [2.45, 2.75) is 17.9 Å². The van der Waals surface area contributed by atoms with Gasteiger partial charge in [-0.15, -0.1) is 23.2 Å². The van der Waals surface area contributed by atoms with Crippen molar-refractivity contribution in [2.24, 2.45) is 0 Å². The van der Waals surface area contributed by atoms with Gasteiger partial charge in [-0.2, -0.15) is 0 Å². The molecule has 0 radical (unpaired) electrons. The minimum Gasteiger partial charge on any atom is -0.394 e. The molecule has 0 amide bonds. The molecule has 2 unspecified atom stereocenters. The monoisotopic (exact) mass is 172 g/mol. The van der Waals surface area contributed by atoms with Crippen molar-refractivity contribution < 1.29 is 10.2 Å². The van der Waals surface area contributed by atoms with Gasteiger partial charge in [0.05, 0.1) is 23.5 Å². The molecule has 0 saturated heterocycles. The van der Waals surface area contributed by atoms with Crippen molar-refractivity contribution in [1.82, 2.24) is 0 Å². The van der Waals surface area contributed by atoms with Crippen molar-refractivity contribution in [3.63, 3.8) is 0 Å². The number of alkyl halides is 2. The first kappa shape index (κ1) is 9.50. The minimum absolute atomic E-state index is 0.0422. The van der Waals surface area contributed by atoms with Crippen LogP contribution in [0.5, 0.6) is 0 Å². The van der Waals surface area contributed by atoms with Gasteiger partial charge in [-0.05, 0) is 6.92 Å². The third-order valence-corrected chi connectivity index (χ3v) is 1.81. The van der Waals surface area contributed by atoms with Gasteiger partial charge in [-0.1, -0.05) is 0 Å². The normalized spacial score (nSPS) is 21.0. The molecule has 0 bridgehead atoms. The molecular weight excluding hydrogens is 163 g/mol. The SMILES string of the molecule is CC(Cl)(CO)C(O)CCl. The third kappa shape index (κ3) is 2.72. The summed E-state index contributed by atoms with van der Waals surface area (Å²) >= 11 is 10.9. The van der Waals surface area contributed by atoms with E-state index in [1.807, 2.05) is 0 Å². The molecule has 0 aliphatic rings. The topological polar surface area (TPSA) is 40.5 Å². The summed E-state index contributed by atoms with van der Waals surface area (Å²) in [6.45, 7) is 1.25. The van der Waals surface area contributed by atoms with Gasteiger partial charge in [0.25, 0.3) is 0 Å². The van der Waals surface area contributed by atoms with E-state index < -0.39 is 11.0 Å². The smallest absolute Gasteiger partial charge is 0.0918 e. The average Bonchev–Trinajstić information content (AvgIpc) is 1.86. The van der Waals surface area contributed by atoms with E-state index in [1.54, 1.807) is 0 Å². The van der Waals surface area contributed by atoms with E-state index in [-0.39, 0.29) is 12.5 Å². The lowest BCUT2D eigenvalue weighted by atomic mass is 10.1. The first-order valence-corrected chi connectivity index (χ1v) is 3.49. The molecule has 0 fully saturated rings. The van der Waals surface area contributed by atoms with Gasteiger partial charge in [0.2, 0.25) is 0 Å². The summed E-state index contributed by atoms with van der Waals surface area (Å²) in [6.07, 6.45) is -0.856. The predicted molar refractivity (Wildman–Crippen MR) is 38.1 cm³/mol. The van der Waals surface area contributed by atoms with Gasteiger partial charge in [-0.3, -0.25) is 0 Å². The number of halogens is 2. The van der Waals surface area contributed by atoms with Gasteiger partial charge in [0.1, 0.15) is 0 Å². The molecule has 0 aromatic heterocycles. The fourth-order valence-corrected chi connectivity index (χ4v) is 0.763. The molecule has 0 aromatic rings. The van der Waals surface area contributed by atoms with Gasteiger partial charge >= 0.3 is 0 Å². The largest absolute Gasteiger partial charge is 0.394 e. The number of aliphatic hydroxyl groups is 2. The van der Waals surface area contributed by atoms with E-state index in [2.05, 4.69) is 0 Å². The molecule has 0 aliphatic carbocycles. The summed E-state index contributed by atoms with van der Waals surface area (Å²) in [4.78, 5) is -0.998. The van der Waals surface area contributed by atoms with Crippen LogP contribution in [0.2, 0.25) is 0 Å². The summed E-state index contributed by atoms with van der Waals surface area (Å²) < 4.78 is 0. The Labute approximate surface area is 64.4 Å². The number of aliphatic hydroxyl groups excluding tert-OH is 2. The molecule has 0 spiro atoms. The highest BCUT2D eigenvalue weighted by atomic mass is 35.5. The molecule has 4 heteroatoms. The minimum atomic E-state index is -0.998. The van der Waals surface area contributed by atoms with Gasteiger partial charge < -0.3 is 10.2 Å². The Hall–Kier alpha value is 0.500. The summed E-state index contributed by atoms with van der Waals surface area (Å²) in [5.41, 5.74) is 0. The van der Waals surface area contributed by atoms with Crippen LogP contribution in [-0.4, -0.2) is 33.7 Å². The van der Waals surface area contributed by atoms with Crippen LogP contribution in [0.3, 0.4) is 0 Å². The highest BCUT2D eigenvalue weighted by Gasteiger charge is 2.28. The molecule has 9 heavy (non-hydrogen) atoms. The average molecular weight is 173 g/mol. The highest BCUT2D eigenvalue weighted by Crippen LogP contribution is 2.18. The first-order chi connectivity index (χ1) is 4.04. The van der Waals surface area contributed by atoms with E-state index in [1.165, 1.54) is 6.92 Å². The van der Waals surface area contributed by atoms with Crippen LogP contribution in [0.1, 0.15) is 6.92 Å². The Balaban J connectivity index is 3.80. The molecular formula is C5H10Cl2O2. The van der Waals surface area contributed by atoms with Gasteiger partial charge in [0, 0.05) is 0 Å². The first-order valence-electron chi connectivity index (χ1n) is 2.58. The number of rotatable bonds is 3. The third-order valence-electron chi connectivity index (χ3n) is 1.15. The molecule has 0 rings (SSSR count). The summed E-state index contributed by atoms with van der Waals surface area (Å²) in [7, 11) is 0. The molecule has 2 N–H and O–H groups in total. The fourth-order valence-electron chi connectivity index (χ4n) is 0.266. The maximum atomic E-state index is 8.96. The Morgan fingerprint density at radius 3 is 2.22 bits per heavy atom. The van der Waals surface area contributed by atoms with Crippen LogP contribution in [0, 0.1) is 0 Å². The van der Waals surface area contributed by atoms with E-state index in [4.69, 9.17) is 33.4 Å². The second-order valence-corrected chi connectivity index (χ2v) is 3.28. The zero-order chi connectivity index (χ0) is 7.49. The van der Waals surface area contributed by atoms with Gasteiger partial charge in [-0.25, -0.2) is 0 Å². The Morgan fingerprint density at radius 2 is 2.11 bits per heavy atom.